The average molecular weight is 277 g/mol. The fraction of sp³-hybridized carbons (Fsp3) is 0.143. The molecule has 0 spiro atoms. The molecule has 0 saturated carbocycles. The number of allylic oxidation sites excluding steroid dienone is 1. The van der Waals surface area contributed by atoms with Crippen molar-refractivity contribution in [2.24, 2.45) is 5.11 Å². The monoisotopic (exact) mass is 277 g/mol. The molecule has 0 unspecified atom stereocenters. The first-order valence-corrected chi connectivity index (χ1v) is 5.81. The van der Waals surface area contributed by atoms with E-state index < -0.39 is 12.6 Å². The van der Waals surface area contributed by atoms with Gasteiger partial charge in [-0.1, -0.05) is 47.6 Å². The lowest BCUT2D eigenvalue weighted by molar-refractivity contribution is -0.124. The number of hydrogen-bond donors (Lipinski definition) is 0. The highest BCUT2D eigenvalue weighted by Crippen LogP contribution is 2.26. The number of alkyl halides is 3. The highest BCUT2D eigenvalue weighted by Gasteiger charge is 2.25. The van der Waals surface area contributed by atoms with Crippen LogP contribution in [0, 0.1) is 0 Å². The molecule has 102 valence electrons. The van der Waals surface area contributed by atoms with Crippen molar-refractivity contribution in [2.75, 3.05) is 0 Å². The number of azide groups is 1. The summed E-state index contributed by atoms with van der Waals surface area (Å²) in [6, 6.07) is 12.6. The maximum atomic E-state index is 12.2. The molecule has 0 amide bonds. The number of hydrogen-bond acceptors (Lipinski definition) is 1. The van der Waals surface area contributed by atoms with Crippen molar-refractivity contribution in [3.05, 3.63) is 64.5 Å². The number of nitrogens with zero attached hydrogens (tertiary/aromatic N) is 3. The van der Waals surface area contributed by atoms with Gasteiger partial charge in [-0.25, -0.2) is 0 Å². The smallest absolute Gasteiger partial charge is 0.171 e. The summed E-state index contributed by atoms with van der Waals surface area (Å²) in [6.45, 7) is 0. The van der Waals surface area contributed by atoms with E-state index in [1.54, 1.807) is 18.2 Å². The van der Waals surface area contributed by atoms with Crippen molar-refractivity contribution in [1.29, 1.82) is 0 Å². The molecule has 2 aromatic carbocycles. The molecule has 3 nitrogen and oxygen atoms in total. The molecule has 0 aliphatic rings. The lowest BCUT2D eigenvalue weighted by atomic mass is 10.0. The highest BCUT2D eigenvalue weighted by atomic mass is 19.4. The van der Waals surface area contributed by atoms with Gasteiger partial charge in [0.1, 0.15) is 0 Å². The van der Waals surface area contributed by atoms with Crippen molar-refractivity contribution < 1.29 is 13.2 Å². The second-order valence-electron chi connectivity index (χ2n) is 4.16. The molecule has 0 aliphatic carbocycles. The van der Waals surface area contributed by atoms with Crippen LogP contribution in [0.15, 0.2) is 53.7 Å². The average Bonchev–Trinajstić information content (AvgIpc) is 2.42. The fourth-order valence-electron chi connectivity index (χ4n) is 1.83. The Morgan fingerprint density at radius 2 is 1.85 bits per heavy atom. The van der Waals surface area contributed by atoms with E-state index in [0.717, 1.165) is 16.8 Å². The summed E-state index contributed by atoms with van der Waals surface area (Å²) in [7, 11) is 0. The van der Waals surface area contributed by atoms with E-state index in [9.17, 15) is 13.2 Å². The Morgan fingerprint density at radius 3 is 2.50 bits per heavy atom. The topological polar surface area (TPSA) is 48.8 Å². The molecule has 2 rings (SSSR count). The zero-order valence-corrected chi connectivity index (χ0v) is 10.3. The summed E-state index contributed by atoms with van der Waals surface area (Å²) in [5.41, 5.74) is 8.92. The SMILES string of the molecule is [N-]=[N+]=NC(=CCC(F)(F)F)c1ccc2ccccc2c1. The second-order valence-corrected chi connectivity index (χ2v) is 4.16. The molecule has 0 fully saturated rings. The number of rotatable bonds is 3. The van der Waals surface area contributed by atoms with Gasteiger partial charge in [0.05, 0.1) is 6.42 Å². The van der Waals surface area contributed by atoms with Gasteiger partial charge in [-0.05, 0) is 27.9 Å². The van der Waals surface area contributed by atoms with Gasteiger partial charge in [-0.3, -0.25) is 0 Å². The first-order chi connectivity index (χ1) is 9.49. The van der Waals surface area contributed by atoms with Crippen LogP contribution < -0.4 is 0 Å². The Hall–Kier alpha value is -2.46. The lowest BCUT2D eigenvalue weighted by Gasteiger charge is -2.06. The van der Waals surface area contributed by atoms with E-state index in [1.165, 1.54) is 0 Å². The quantitative estimate of drug-likeness (QED) is 0.407. The Balaban J connectivity index is 2.44. The molecule has 6 heteroatoms. The Kier molecular flexibility index (Phi) is 3.96. The minimum absolute atomic E-state index is 0.0180. The lowest BCUT2D eigenvalue weighted by Crippen LogP contribution is -2.04. The molecule has 0 atom stereocenters. The Morgan fingerprint density at radius 1 is 1.15 bits per heavy atom. The number of fused-ring (bicyclic) bond motifs is 1. The zero-order valence-electron chi connectivity index (χ0n) is 10.3. The summed E-state index contributed by atoms with van der Waals surface area (Å²) in [6.07, 6.45) is -4.56. The van der Waals surface area contributed by atoms with Gasteiger partial charge < -0.3 is 0 Å². The Bertz CT molecular complexity index is 698. The zero-order chi connectivity index (χ0) is 14.6. The van der Waals surface area contributed by atoms with Gasteiger partial charge >= 0.3 is 6.18 Å². The molecule has 0 aliphatic heterocycles. The van der Waals surface area contributed by atoms with E-state index >= 15 is 0 Å². The first-order valence-electron chi connectivity index (χ1n) is 5.81. The summed E-state index contributed by atoms with van der Waals surface area (Å²) in [5, 5.41) is 5.18. The second kappa shape index (κ2) is 5.67. The van der Waals surface area contributed by atoms with Crippen LogP contribution in [0.5, 0.6) is 0 Å². The van der Waals surface area contributed by atoms with Gasteiger partial charge in [0, 0.05) is 10.6 Å². The summed E-state index contributed by atoms with van der Waals surface area (Å²) >= 11 is 0. The van der Waals surface area contributed by atoms with Crippen molar-refractivity contribution in [1.82, 2.24) is 0 Å². The van der Waals surface area contributed by atoms with Crippen LogP contribution in [0.3, 0.4) is 0 Å². The normalized spacial score (nSPS) is 12.2. The van der Waals surface area contributed by atoms with E-state index in [4.69, 9.17) is 5.53 Å². The molecular weight excluding hydrogens is 267 g/mol. The van der Waals surface area contributed by atoms with Crippen molar-refractivity contribution >= 4 is 16.5 Å². The van der Waals surface area contributed by atoms with E-state index in [2.05, 4.69) is 10.0 Å². The number of halogens is 3. The van der Waals surface area contributed by atoms with Crippen LogP contribution in [0.2, 0.25) is 0 Å². The maximum Gasteiger partial charge on any atom is 0.392 e. The molecule has 0 radical (unpaired) electrons. The van der Waals surface area contributed by atoms with Gasteiger partial charge in [-0.2, -0.15) is 13.2 Å². The van der Waals surface area contributed by atoms with Crippen LogP contribution in [-0.2, 0) is 0 Å². The van der Waals surface area contributed by atoms with Gasteiger partial charge in [0.25, 0.3) is 0 Å². The van der Waals surface area contributed by atoms with Crippen molar-refractivity contribution in [3.8, 4) is 0 Å². The van der Waals surface area contributed by atoms with Gasteiger partial charge in [0.15, 0.2) is 0 Å². The number of benzene rings is 2. The molecule has 0 bridgehead atoms. The third kappa shape index (κ3) is 3.52. The van der Waals surface area contributed by atoms with Gasteiger partial charge in [-0.15, -0.1) is 0 Å². The third-order valence-electron chi connectivity index (χ3n) is 2.72. The summed E-state index contributed by atoms with van der Waals surface area (Å²) in [4.78, 5) is 2.58. The predicted molar refractivity (Wildman–Crippen MR) is 71.7 cm³/mol. The molecular formula is C14H10F3N3. The van der Waals surface area contributed by atoms with Gasteiger partial charge in [0.2, 0.25) is 0 Å². The van der Waals surface area contributed by atoms with Crippen LogP contribution in [0.25, 0.3) is 26.9 Å². The predicted octanol–water partition coefficient (Wildman–Crippen LogP) is 5.44. The summed E-state index contributed by atoms with van der Waals surface area (Å²) < 4.78 is 36.7. The molecule has 2 aromatic rings. The van der Waals surface area contributed by atoms with Crippen LogP contribution in [0.4, 0.5) is 13.2 Å². The van der Waals surface area contributed by atoms with Crippen LogP contribution >= 0.6 is 0 Å². The van der Waals surface area contributed by atoms with Crippen LogP contribution in [0.1, 0.15) is 12.0 Å². The fourth-order valence-corrected chi connectivity index (χ4v) is 1.83. The molecule has 0 N–H and O–H groups in total. The van der Waals surface area contributed by atoms with Crippen molar-refractivity contribution in [3.63, 3.8) is 0 Å². The largest absolute Gasteiger partial charge is 0.392 e. The van der Waals surface area contributed by atoms with E-state index in [-0.39, 0.29) is 5.70 Å². The van der Waals surface area contributed by atoms with Crippen molar-refractivity contribution in [2.45, 2.75) is 12.6 Å². The minimum atomic E-state index is -4.33. The Labute approximate surface area is 113 Å². The standard InChI is InChI=1S/C14H10F3N3/c15-14(16,17)8-7-13(19-20-18)12-6-5-10-3-1-2-4-11(10)9-12/h1-7,9H,8H2. The molecule has 0 aromatic heterocycles. The molecule has 20 heavy (non-hydrogen) atoms. The third-order valence-corrected chi connectivity index (χ3v) is 2.72. The summed E-state index contributed by atoms with van der Waals surface area (Å²) in [5.74, 6) is 0. The minimum Gasteiger partial charge on any atom is -0.171 e. The van der Waals surface area contributed by atoms with E-state index in [1.807, 2.05) is 24.3 Å². The van der Waals surface area contributed by atoms with Crippen LogP contribution in [-0.4, -0.2) is 6.18 Å². The first kappa shape index (κ1) is 14.0. The van der Waals surface area contributed by atoms with E-state index in [0.29, 0.717) is 5.56 Å². The highest BCUT2D eigenvalue weighted by molar-refractivity contribution is 5.86. The maximum absolute atomic E-state index is 12.2. The molecule has 0 heterocycles. The molecule has 0 saturated heterocycles.